The number of aliphatic hydroxyl groups is 1. The Morgan fingerprint density at radius 2 is 1.88 bits per heavy atom. The van der Waals surface area contributed by atoms with Crippen LogP contribution in [0.15, 0.2) is 52.0 Å². The first kappa shape index (κ1) is 27.1. The highest BCUT2D eigenvalue weighted by atomic mass is 35.5. The zero-order valence-electron chi connectivity index (χ0n) is 18.7. The van der Waals surface area contributed by atoms with Crippen LogP contribution in [0.1, 0.15) is 31.2 Å². The smallest absolute Gasteiger partial charge is 0.219 e. The minimum atomic E-state index is -3.45. The molecule has 0 spiro atoms. The van der Waals surface area contributed by atoms with Gasteiger partial charge in [0.15, 0.2) is 0 Å². The maximum atomic E-state index is 12.1. The van der Waals surface area contributed by atoms with Gasteiger partial charge in [-0.2, -0.15) is 0 Å². The van der Waals surface area contributed by atoms with Gasteiger partial charge in [-0.1, -0.05) is 42.3 Å². The molecule has 10 heteroatoms. The fourth-order valence-electron chi connectivity index (χ4n) is 4.18. The molecule has 1 aliphatic rings. The maximum absolute atomic E-state index is 12.1. The van der Waals surface area contributed by atoms with Crippen LogP contribution in [0.2, 0.25) is 10.0 Å². The van der Waals surface area contributed by atoms with Crippen LogP contribution in [0.5, 0.6) is 5.75 Å². The third kappa shape index (κ3) is 6.20. The van der Waals surface area contributed by atoms with Gasteiger partial charge in [0.25, 0.3) is 0 Å². The lowest BCUT2D eigenvalue weighted by molar-refractivity contribution is 0.0599. The van der Waals surface area contributed by atoms with Gasteiger partial charge in [0.2, 0.25) is 14.9 Å². The van der Waals surface area contributed by atoms with Crippen molar-refractivity contribution in [1.82, 2.24) is 4.90 Å². The average molecular weight is 549 g/mol. The Morgan fingerprint density at radius 1 is 1.15 bits per heavy atom. The molecule has 186 valence electrons. The monoisotopic (exact) mass is 547 g/mol. The number of β-amino-alcohol motifs (C(OH)–C–C–N with tert-alkyl or cyclic N) is 1. The summed E-state index contributed by atoms with van der Waals surface area (Å²) in [5.74, 6) is 0.881. The predicted molar refractivity (Wildman–Crippen MR) is 138 cm³/mol. The molecule has 34 heavy (non-hydrogen) atoms. The van der Waals surface area contributed by atoms with Crippen LogP contribution in [-0.4, -0.2) is 56.5 Å². The molecule has 0 aliphatic carbocycles. The highest BCUT2D eigenvalue weighted by molar-refractivity contribution is 7.91. The molecular formula is C24H28Cl3NO5S. The largest absolute Gasteiger partial charge is 0.490 e. The van der Waals surface area contributed by atoms with Crippen LogP contribution in [0.25, 0.3) is 11.0 Å². The molecule has 6 nitrogen and oxygen atoms in total. The number of ether oxygens (including phenoxy) is 1. The number of piperidine rings is 1. The maximum Gasteiger partial charge on any atom is 0.219 e. The van der Waals surface area contributed by atoms with E-state index >= 15 is 0 Å². The lowest BCUT2D eigenvalue weighted by Gasteiger charge is -2.33. The summed E-state index contributed by atoms with van der Waals surface area (Å²) in [5, 5.41) is 12.2. The van der Waals surface area contributed by atoms with Gasteiger partial charge in [-0.05, 0) is 61.7 Å². The van der Waals surface area contributed by atoms with Gasteiger partial charge in [-0.25, -0.2) is 8.42 Å². The molecule has 1 saturated heterocycles. The van der Waals surface area contributed by atoms with Crippen LogP contribution >= 0.6 is 35.6 Å². The molecule has 1 aromatic heterocycles. The third-order valence-corrected chi connectivity index (χ3v) is 8.40. The van der Waals surface area contributed by atoms with Crippen molar-refractivity contribution in [3.63, 3.8) is 0 Å². The summed E-state index contributed by atoms with van der Waals surface area (Å²) in [5.41, 5.74) is 1.64. The quantitative estimate of drug-likeness (QED) is 0.396. The summed E-state index contributed by atoms with van der Waals surface area (Å²) < 4.78 is 35.6. The number of benzene rings is 2. The third-order valence-electron chi connectivity index (χ3n) is 6.09. The van der Waals surface area contributed by atoms with Crippen LogP contribution in [0.4, 0.5) is 0 Å². The van der Waals surface area contributed by atoms with Crippen LogP contribution < -0.4 is 4.74 Å². The lowest BCUT2D eigenvalue weighted by Crippen LogP contribution is -2.40. The van der Waals surface area contributed by atoms with Crippen molar-refractivity contribution in [2.24, 2.45) is 0 Å². The molecule has 3 aromatic rings. The number of hydrogen-bond donors (Lipinski definition) is 1. The molecule has 1 N–H and O–H groups in total. The Bertz CT molecular complexity index is 1220. The molecule has 0 unspecified atom stereocenters. The van der Waals surface area contributed by atoms with Crippen molar-refractivity contribution >= 4 is 56.4 Å². The Morgan fingerprint density at radius 3 is 2.56 bits per heavy atom. The second-order valence-electron chi connectivity index (χ2n) is 8.35. The van der Waals surface area contributed by atoms with E-state index in [4.69, 9.17) is 32.4 Å². The number of sulfone groups is 1. The number of nitrogens with zero attached hydrogens (tertiary/aromatic N) is 1. The number of fused-ring (bicyclic) bond motifs is 1. The second kappa shape index (κ2) is 11.5. The van der Waals surface area contributed by atoms with Crippen LogP contribution in [-0.2, 0) is 9.84 Å². The standard InChI is InChI=1S/C24H27Cl2NO5S.ClH/c1-2-33(29,30)24-13-19-22(4-3-5-23(19)32-24)31-15-18(28)14-27-10-8-16(9-11-27)17-6-7-20(25)21(26)12-17;/h3-7,12-13,16,18,28H,2,8-11,14-15H2,1H3;1H/t18-;/m0./s1. The molecule has 0 bridgehead atoms. The SMILES string of the molecule is CCS(=O)(=O)c1cc2c(OC[C@@H](O)CN3CCC(c4ccc(Cl)c(Cl)c4)CC3)cccc2o1.Cl. The molecule has 0 saturated carbocycles. The van der Waals surface area contributed by atoms with E-state index in [1.54, 1.807) is 25.1 Å². The minimum Gasteiger partial charge on any atom is -0.490 e. The summed E-state index contributed by atoms with van der Waals surface area (Å²) in [6.45, 7) is 3.93. The number of furan rings is 1. The number of rotatable bonds is 8. The van der Waals surface area contributed by atoms with Gasteiger partial charge in [0, 0.05) is 12.6 Å². The Hall–Kier alpha value is -1.48. The van der Waals surface area contributed by atoms with Crippen molar-refractivity contribution in [3.05, 3.63) is 58.1 Å². The van der Waals surface area contributed by atoms with E-state index in [1.165, 1.54) is 11.6 Å². The summed E-state index contributed by atoms with van der Waals surface area (Å²) in [6, 6.07) is 12.5. The number of halogens is 3. The number of hydrogen-bond acceptors (Lipinski definition) is 6. The topological polar surface area (TPSA) is 80.0 Å². The van der Waals surface area contributed by atoms with E-state index < -0.39 is 15.9 Å². The lowest BCUT2D eigenvalue weighted by atomic mass is 9.89. The summed E-state index contributed by atoms with van der Waals surface area (Å²) in [6.07, 6.45) is 1.29. The molecule has 1 fully saturated rings. The van der Waals surface area contributed by atoms with Gasteiger partial charge in [0.1, 0.15) is 24.0 Å². The summed E-state index contributed by atoms with van der Waals surface area (Å²) in [7, 11) is -3.45. The predicted octanol–water partition coefficient (Wildman–Crippen LogP) is 5.57. The minimum absolute atomic E-state index is 0. The van der Waals surface area contributed by atoms with Crippen molar-refractivity contribution < 1.29 is 22.7 Å². The Balaban J connectivity index is 0.00000324. The highest BCUT2D eigenvalue weighted by Crippen LogP contribution is 2.33. The average Bonchev–Trinajstić information content (AvgIpc) is 3.26. The fraction of sp³-hybridized carbons (Fsp3) is 0.417. The number of aliphatic hydroxyl groups excluding tert-OH is 1. The second-order valence-corrected chi connectivity index (χ2v) is 11.4. The molecule has 2 heterocycles. The van der Waals surface area contributed by atoms with Gasteiger partial charge >= 0.3 is 0 Å². The van der Waals surface area contributed by atoms with Gasteiger partial charge in [0.05, 0.1) is 21.2 Å². The normalized spacial score (nSPS) is 16.4. The molecule has 0 radical (unpaired) electrons. The fourth-order valence-corrected chi connectivity index (χ4v) is 5.29. The highest BCUT2D eigenvalue weighted by Gasteiger charge is 2.23. The van der Waals surface area contributed by atoms with E-state index in [9.17, 15) is 13.5 Å². The van der Waals surface area contributed by atoms with Crippen LogP contribution in [0.3, 0.4) is 0 Å². The van der Waals surface area contributed by atoms with Crippen molar-refractivity contribution in [1.29, 1.82) is 0 Å². The van der Waals surface area contributed by atoms with E-state index in [0.717, 1.165) is 25.9 Å². The molecule has 2 aromatic carbocycles. The van der Waals surface area contributed by atoms with Gasteiger partial charge in [-0.15, -0.1) is 12.4 Å². The van der Waals surface area contributed by atoms with E-state index in [1.807, 2.05) is 18.2 Å². The zero-order valence-corrected chi connectivity index (χ0v) is 21.9. The zero-order chi connectivity index (χ0) is 23.6. The van der Waals surface area contributed by atoms with E-state index in [2.05, 4.69) is 4.90 Å². The molecule has 0 amide bonds. The molecule has 1 atom stereocenters. The van der Waals surface area contributed by atoms with Gasteiger partial charge in [-0.3, -0.25) is 0 Å². The van der Waals surface area contributed by atoms with Crippen molar-refractivity contribution in [2.75, 3.05) is 32.0 Å². The molecule has 4 rings (SSSR count). The number of likely N-dealkylation sites (tertiary alicyclic amines) is 1. The summed E-state index contributed by atoms with van der Waals surface area (Å²) in [4.78, 5) is 2.23. The molecular weight excluding hydrogens is 521 g/mol. The van der Waals surface area contributed by atoms with Crippen molar-refractivity contribution in [2.45, 2.75) is 36.9 Å². The Labute approximate surface area is 216 Å². The van der Waals surface area contributed by atoms with Gasteiger partial charge < -0.3 is 19.2 Å². The van der Waals surface area contributed by atoms with Crippen molar-refractivity contribution in [3.8, 4) is 5.75 Å². The first-order valence-corrected chi connectivity index (χ1v) is 13.4. The van der Waals surface area contributed by atoms with E-state index in [-0.39, 0.29) is 29.9 Å². The van der Waals surface area contributed by atoms with E-state index in [0.29, 0.717) is 39.2 Å². The first-order chi connectivity index (χ1) is 15.8. The first-order valence-electron chi connectivity index (χ1n) is 11.0. The van der Waals surface area contributed by atoms with Crippen LogP contribution in [0, 0.1) is 0 Å². The summed E-state index contributed by atoms with van der Waals surface area (Å²) >= 11 is 12.2. The Kier molecular flexibility index (Phi) is 9.17. The molecule has 1 aliphatic heterocycles.